The molecule has 0 bridgehead atoms. The Balaban J connectivity index is 1.69. The number of nitrogens with zero attached hydrogens (tertiary/aromatic N) is 1. The standard InChI is InChI=1S/C22H28N2/c1-2-3-4-10-15-23-16-20-18-24(17-19-11-6-5-7-12-19)22-14-9-8-13-21(20)22/h5-9,11-14,18,23H,2-4,10,15-17H2,1H3. The van der Waals surface area contributed by atoms with E-state index in [-0.39, 0.29) is 0 Å². The lowest BCUT2D eigenvalue weighted by Crippen LogP contribution is -2.14. The molecule has 0 fully saturated rings. The number of hydrogen-bond acceptors (Lipinski definition) is 1. The first-order valence-corrected chi connectivity index (χ1v) is 9.20. The lowest BCUT2D eigenvalue weighted by Gasteiger charge is -2.05. The first-order valence-electron chi connectivity index (χ1n) is 9.20. The number of para-hydroxylation sites is 1. The van der Waals surface area contributed by atoms with Crippen molar-refractivity contribution in [1.82, 2.24) is 9.88 Å². The van der Waals surface area contributed by atoms with Crippen molar-refractivity contribution < 1.29 is 0 Å². The Labute approximate surface area is 145 Å². The highest BCUT2D eigenvalue weighted by Gasteiger charge is 2.08. The number of benzene rings is 2. The maximum atomic E-state index is 3.62. The van der Waals surface area contributed by atoms with E-state index in [1.807, 2.05) is 0 Å². The molecule has 0 atom stereocenters. The molecule has 0 aliphatic carbocycles. The molecule has 1 heterocycles. The topological polar surface area (TPSA) is 17.0 Å². The summed E-state index contributed by atoms with van der Waals surface area (Å²) < 4.78 is 2.37. The van der Waals surface area contributed by atoms with E-state index in [0.717, 1.165) is 19.6 Å². The fourth-order valence-corrected chi connectivity index (χ4v) is 3.27. The van der Waals surface area contributed by atoms with E-state index in [9.17, 15) is 0 Å². The summed E-state index contributed by atoms with van der Waals surface area (Å²) in [6.45, 7) is 5.25. The second-order valence-corrected chi connectivity index (χ2v) is 6.52. The molecule has 24 heavy (non-hydrogen) atoms. The van der Waals surface area contributed by atoms with Crippen molar-refractivity contribution in [3.05, 3.63) is 71.9 Å². The van der Waals surface area contributed by atoms with Gasteiger partial charge in [-0.05, 0) is 30.2 Å². The summed E-state index contributed by atoms with van der Waals surface area (Å²) >= 11 is 0. The normalized spacial score (nSPS) is 11.2. The highest BCUT2D eigenvalue weighted by Crippen LogP contribution is 2.22. The van der Waals surface area contributed by atoms with E-state index in [0.29, 0.717) is 0 Å². The molecule has 0 aliphatic heterocycles. The van der Waals surface area contributed by atoms with E-state index >= 15 is 0 Å². The highest BCUT2D eigenvalue weighted by molar-refractivity contribution is 5.84. The van der Waals surface area contributed by atoms with Crippen molar-refractivity contribution in [1.29, 1.82) is 0 Å². The summed E-state index contributed by atoms with van der Waals surface area (Å²) in [5.41, 5.74) is 4.07. The number of unbranched alkanes of at least 4 members (excludes halogenated alkanes) is 3. The van der Waals surface area contributed by atoms with E-state index in [4.69, 9.17) is 0 Å². The van der Waals surface area contributed by atoms with Crippen molar-refractivity contribution in [2.24, 2.45) is 0 Å². The third kappa shape index (κ3) is 4.27. The van der Waals surface area contributed by atoms with Crippen LogP contribution in [0.25, 0.3) is 10.9 Å². The Morgan fingerprint density at radius 2 is 1.67 bits per heavy atom. The van der Waals surface area contributed by atoms with Crippen LogP contribution >= 0.6 is 0 Å². The van der Waals surface area contributed by atoms with Crippen molar-refractivity contribution >= 4 is 10.9 Å². The minimum atomic E-state index is 0.928. The molecule has 3 rings (SSSR count). The summed E-state index contributed by atoms with van der Waals surface area (Å²) in [6, 6.07) is 19.4. The molecule has 0 saturated heterocycles. The lowest BCUT2D eigenvalue weighted by molar-refractivity contribution is 0.598. The second-order valence-electron chi connectivity index (χ2n) is 6.52. The second kappa shape index (κ2) is 8.70. The Morgan fingerprint density at radius 1 is 0.875 bits per heavy atom. The Bertz CT molecular complexity index is 743. The highest BCUT2D eigenvalue weighted by atomic mass is 15.0. The van der Waals surface area contributed by atoms with Crippen LogP contribution in [0.15, 0.2) is 60.8 Å². The van der Waals surface area contributed by atoms with Crippen LogP contribution in [0.4, 0.5) is 0 Å². The van der Waals surface area contributed by atoms with Gasteiger partial charge in [-0.25, -0.2) is 0 Å². The largest absolute Gasteiger partial charge is 0.343 e. The molecular formula is C22H28N2. The van der Waals surface area contributed by atoms with Gasteiger partial charge < -0.3 is 9.88 Å². The number of nitrogens with one attached hydrogen (secondary N) is 1. The van der Waals surface area contributed by atoms with Gasteiger partial charge in [0.25, 0.3) is 0 Å². The van der Waals surface area contributed by atoms with Gasteiger partial charge in [0, 0.05) is 30.2 Å². The van der Waals surface area contributed by atoms with Crippen LogP contribution in [0.3, 0.4) is 0 Å². The monoisotopic (exact) mass is 320 g/mol. The van der Waals surface area contributed by atoms with E-state index in [1.54, 1.807) is 0 Å². The van der Waals surface area contributed by atoms with Crippen LogP contribution < -0.4 is 5.32 Å². The van der Waals surface area contributed by atoms with Gasteiger partial charge in [0.1, 0.15) is 0 Å². The smallest absolute Gasteiger partial charge is 0.0486 e. The predicted molar refractivity (Wildman–Crippen MR) is 103 cm³/mol. The molecule has 0 radical (unpaired) electrons. The maximum absolute atomic E-state index is 3.62. The summed E-state index contributed by atoms with van der Waals surface area (Å²) in [6.07, 6.45) is 7.57. The van der Waals surface area contributed by atoms with Crippen LogP contribution in [0.2, 0.25) is 0 Å². The molecule has 3 aromatic rings. The molecule has 0 spiro atoms. The van der Waals surface area contributed by atoms with E-state index in [1.165, 1.54) is 47.7 Å². The van der Waals surface area contributed by atoms with Gasteiger partial charge in [0.15, 0.2) is 0 Å². The molecule has 2 heteroatoms. The van der Waals surface area contributed by atoms with Gasteiger partial charge in [-0.3, -0.25) is 0 Å². The van der Waals surface area contributed by atoms with Crippen molar-refractivity contribution in [2.45, 2.75) is 45.7 Å². The summed E-state index contributed by atoms with van der Waals surface area (Å²) in [5, 5.41) is 4.99. The van der Waals surface area contributed by atoms with Gasteiger partial charge in [-0.1, -0.05) is 74.7 Å². The summed E-state index contributed by atoms with van der Waals surface area (Å²) in [5.74, 6) is 0. The van der Waals surface area contributed by atoms with Crippen LogP contribution in [0.1, 0.15) is 43.7 Å². The fraction of sp³-hybridized carbons (Fsp3) is 0.364. The van der Waals surface area contributed by atoms with Crippen LogP contribution in [0.5, 0.6) is 0 Å². The van der Waals surface area contributed by atoms with E-state index < -0.39 is 0 Å². The zero-order valence-corrected chi connectivity index (χ0v) is 14.7. The lowest BCUT2D eigenvalue weighted by atomic mass is 10.1. The molecule has 0 aliphatic rings. The Kier molecular flexibility index (Phi) is 6.08. The van der Waals surface area contributed by atoms with Crippen molar-refractivity contribution in [3.63, 3.8) is 0 Å². The third-order valence-corrected chi connectivity index (χ3v) is 4.59. The minimum Gasteiger partial charge on any atom is -0.343 e. The van der Waals surface area contributed by atoms with Crippen LogP contribution in [0, 0.1) is 0 Å². The number of rotatable bonds is 9. The zero-order chi connectivity index (χ0) is 16.6. The van der Waals surface area contributed by atoms with Gasteiger partial charge in [0.2, 0.25) is 0 Å². The molecule has 1 N–H and O–H groups in total. The molecule has 0 saturated carbocycles. The minimum absolute atomic E-state index is 0.928. The first-order chi connectivity index (χ1) is 11.9. The maximum Gasteiger partial charge on any atom is 0.0486 e. The Hall–Kier alpha value is -2.06. The zero-order valence-electron chi connectivity index (χ0n) is 14.7. The first kappa shape index (κ1) is 16.8. The quantitative estimate of drug-likeness (QED) is 0.525. The molecule has 0 unspecified atom stereocenters. The molecule has 0 amide bonds. The fourth-order valence-electron chi connectivity index (χ4n) is 3.27. The molecule has 2 aromatic carbocycles. The van der Waals surface area contributed by atoms with Gasteiger partial charge in [0.05, 0.1) is 0 Å². The molecule has 126 valence electrons. The van der Waals surface area contributed by atoms with Gasteiger partial charge in [-0.15, -0.1) is 0 Å². The molecule has 2 nitrogen and oxygen atoms in total. The SMILES string of the molecule is CCCCCCNCc1cn(Cc2ccccc2)c2ccccc12. The van der Waals surface area contributed by atoms with Gasteiger partial charge >= 0.3 is 0 Å². The molecule has 1 aromatic heterocycles. The average Bonchev–Trinajstić information content (AvgIpc) is 2.97. The average molecular weight is 320 g/mol. The number of hydrogen-bond donors (Lipinski definition) is 1. The van der Waals surface area contributed by atoms with Gasteiger partial charge in [-0.2, -0.15) is 0 Å². The summed E-state index contributed by atoms with van der Waals surface area (Å²) in [7, 11) is 0. The van der Waals surface area contributed by atoms with Crippen molar-refractivity contribution in [3.8, 4) is 0 Å². The summed E-state index contributed by atoms with van der Waals surface area (Å²) in [4.78, 5) is 0. The van der Waals surface area contributed by atoms with Crippen LogP contribution in [-0.2, 0) is 13.1 Å². The number of fused-ring (bicyclic) bond motifs is 1. The van der Waals surface area contributed by atoms with E-state index in [2.05, 4.69) is 77.6 Å². The predicted octanol–water partition coefficient (Wildman–Crippen LogP) is 5.36. The Morgan fingerprint density at radius 3 is 2.50 bits per heavy atom. The third-order valence-electron chi connectivity index (χ3n) is 4.59. The van der Waals surface area contributed by atoms with Crippen molar-refractivity contribution in [2.75, 3.05) is 6.54 Å². The van der Waals surface area contributed by atoms with Crippen LogP contribution in [-0.4, -0.2) is 11.1 Å². The number of aromatic nitrogens is 1. The molecular weight excluding hydrogens is 292 g/mol.